The van der Waals surface area contributed by atoms with Crippen molar-refractivity contribution in [2.45, 2.75) is 50.8 Å². The standard InChI is InChI=1S/C16H23ClO/c1-2-4-12-7-8-16(17)14(9-12)10-13-5-3-6-15(18)11-13/h3,5-6,11-12,14,16,18H,2,4,7-10H2,1H3. The van der Waals surface area contributed by atoms with Crippen molar-refractivity contribution in [2.24, 2.45) is 11.8 Å². The zero-order valence-corrected chi connectivity index (χ0v) is 11.9. The molecule has 1 aromatic carbocycles. The third-order valence-electron chi connectivity index (χ3n) is 4.10. The summed E-state index contributed by atoms with van der Waals surface area (Å²) in [6.07, 6.45) is 7.30. The van der Waals surface area contributed by atoms with Crippen LogP contribution in [-0.4, -0.2) is 10.5 Å². The molecule has 0 amide bonds. The molecule has 3 unspecified atom stereocenters. The predicted molar refractivity (Wildman–Crippen MR) is 77.2 cm³/mol. The lowest BCUT2D eigenvalue weighted by Crippen LogP contribution is -2.27. The van der Waals surface area contributed by atoms with Gasteiger partial charge in [-0.15, -0.1) is 11.6 Å². The van der Waals surface area contributed by atoms with Gasteiger partial charge in [-0.2, -0.15) is 0 Å². The summed E-state index contributed by atoms with van der Waals surface area (Å²) >= 11 is 6.48. The smallest absolute Gasteiger partial charge is 0.115 e. The van der Waals surface area contributed by atoms with Crippen LogP contribution in [0.3, 0.4) is 0 Å². The number of hydrogen-bond donors (Lipinski definition) is 1. The lowest BCUT2D eigenvalue weighted by Gasteiger charge is -2.33. The Bertz CT molecular complexity index is 377. The highest BCUT2D eigenvalue weighted by molar-refractivity contribution is 6.20. The molecule has 1 aliphatic carbocycles. The summed E-state index contributed by atoms with van der Waals surface area (Å²) < 4.78 is 0. The van der Waals surface area contributed by atoms with E-state index in [2.05, 4.69) is 13.0 Å². The van der Waals surface area contributed by atoms with E-state index in [0.29, 0.717) is 17.0 Å². The van der Waals surface area contributed by atoms with Crippen LogP contribution >= 0.6 is 11.6 Å². The van der Waals surface area contributed by atoms with Crippen molar-refractivity contribution in [3.8, 4) is 5.75 Å². The van der Waals surface area contributed by atoms with Gasteiger partial charge in [-0.3, -0.25) is 0 Å². The molecular weight excluding hydrogens is 244 g/mol. The minimum atomic E-state index is 0.306. The molecule has 1 nitrogen and oxygen atoms in total. The molecule has 1 saturated carbocycles. The van der Waals surface area contributed by atoms with E-state index in [0.717, 1.165) is 18.8 Å². The molecular formula is C16H23ClO. The molecule has 1 fully saturated rings. The molecule has 0 radical (unpaired) electrons. The topological polar surface area (TPSA) is 20.2 Å². The van der Waals surface area contributed by atoms with Gasteiger partial charge in [0.2, 0.25) is 0 Å². The Morgan fingerprint density at radius 1 is 1.33 bits per heavy atom. The second-order valence-corrected chi connectivity index (χ2v) is 6.18. The van der Waals surface area contributed by atoms with Gasteiger partial charge in [0.25, 0.3) is 0 Å². The molecule has 0 saturated heterocycles. The van der Waals surface area contributed by atoms with Gasteiger partial charge in [0.05, 0.1) is 0 Å². The summed E-state index contributed by atoms with van der Waals surface area (Å²) in [5.41, 5.74) is 1.21. The van der Waals surface area contributed by atoms with E-state index in [9.17, 15) is 5.11 Å². The van der Waals surface area contributed by atoms with Crippen LogP contribution in [0.25, 0.3) is 0 Å². The highest BCUT2D eigenvalue weighted by atomic mass is 35.5. The Morgan fingerprint density at radius 2 is 2.17 bits per heavy atom. The highest BCUT2D eigenvalue weighted by Crippen LogP contribution is 2.37. The molecule has 0 aliphatic heterocycles. The Balaban J connectivity index is 1.98. The van der Waals surface area contributed by atoms with Crippen LogP contribution < -0.4 is 0 Å². The first-order valence-corrected chi connectivity index (χ1v) is 7.54. The maximum atomic E-state index is 9.51. The fourth-order valence-electron chi connectivity index (χ4n) is 3.19. The van der Waals surface area contributed by atoms with Gasteiger partial charge in [-0.25, -0.2) is 0 Å². The predicted octanol–water partition coefficient (Wildman–Crippen LogP) is 4.76. The fourth-order valence-corrected chi connectivity index (χ4v) is 3.51. The van der Waals surface area contributed by atoms with Crippen molar-refractivity contribution in [1.29, 1.82) is 0 Å². The normalized spacial score (nSPS) is 28.2. The SMILES string of the molecule is CCCC1CCC(Cl)C(Cc2cccc(O)c2)C1. The highest BCUT2D eigenvalue weighted by Gasteiger charge is 2.28. The molecule has 18 heavy (non-hydrogen) atoms. The number of rotatable bonds is 4. The van der Waals surface area contributed by atoms with Crippen LogP contribution in [0.5, 0.6) is 5.75 Å². The van der Waals surface area contributed by atoms with Crippen LogP contribution in [0.4, 0.5) is 0 Å². The van der Waals surface area contributed by atoms with Gasteiger partial charge in [-0.05, 0) is 55.2 Å². The van der Waals surface area contributed by atoms with E-state index in [1.54, 1.807) is 6.07 Å². The van der Waals surface area contributed by atoms with Crippen LogP contribution in [-0.2, 0) is 6.42 Å². The zero-order chi connectivity index (χ0) is 13.0. The molecule has 0 bridgehead atoms. The summed E-state index contributed by atoms with van der Waals surface area (Å²) in [6, 6.07) is 7.60. The molecule has 0 spiro atoms. The molecule has 1 N–H and O–H groups in total. The first-order valence-electron chi connectivity index (χ1n) is 7.11. The molecule has 1 aromatic rings. The second kappa shape index (κ2) is 6.47. The Hall–Kier alpha value is -0.690. The summed E-state index contributed by atoms with van der Waals surface area (Å²) in [5, 5.41) is 9.82. The van der Waals surface area contributed by atoms with Gasteiger partial charge in [0.15, 0.2) is 0 Å². The minimum Gasteiger partial charge on any atom is -0.508 e. The third kappa shape index (κ3) is 3.65. The number of benzene rings is 1. The Labute approximate surface area is 115 Å². The average molecular weight is 267 g/mol. The average Bonchev–Trinajstić information content (AvgIpc) is 2.34. The fraction of sp³-hybridized carbons (Fsp3) is 0.625. The van der Waals surface area contributed by atoms with Crippen LogP contribution in [0, 0.1) is 11.8 Å². The maximum Gasteiger partial charge on any atom is 0.115 e. The van der Waals surface area contributed by atoms with Crippen molar-refractivity contribution in [3.63, 3.8) is 0 Å². The number of phenolic OH excluding ortho intramolecular Hbond substituents is 1. The van der Waals surface area contributed by atoms with Crippen molar-refractivity contribution in [1.82, 2.24) is 0 Å². The number of aromatic hydroxyl groups is 1. The summed E-state index contributed by atoms with van der Waals surface area (Å²) in [7, 11) is 0. The molecule has 100 valence electrons. The summed E-state index contributed by atoms with van der Waals surface area (Å²) in [5.74, 6) is 1.78. The Kier molecular flexibility index (Phi) is 4.94. The van der Waals surface area contributed by atoms with Gasteiger partial charge in [0.1, 0.15) is 5.75 Å². The van der Waals surface area contributed by atoms with E-state index in [1.807, 2.05) is 12.1 Å². The number of phenols is 1. The molecule has 2 rings (SSSR count). The molecule has 3 atom stereocenters. The number of alkyl halides is 1. The molecule has 0 aromatic heterocycles. The lowest BCUT2D eigenvalue weighted by atomic mass is 9.76. The van der Waals surface area contributed by atoms with Crippen molar-refractivity contribution in [3.05, 3.63) is 29.8 Å². The minimum absolute atomic E-state index is 0.306. The molecule has 0 heterocycles. The molecule has 1 aliphatic rings. The van der Waals surface area contributed by atoms with Crippen molar-refractivity contribution >= 4 is 11.6 Å². The Morgan fingerprint density at radius 3 is 2.89 bits per heavy atom. The van der Waals surface area contributed by atoms with E-state index in [-0.39, 0.29) is 0 Å². The van der Waals surface area contributed by atoms with E-state index in [4.69, 9.17) is 11.6 Å². The van der Waals surface area contributed by atoms with Crippen LogP contribution in [0.1, 0.15) is 44.6 Å². The first kappa shape index (κ1) is 13.7. The lowest BCUT2D eigenvalue weighted by molar-refractivity contribution is 0.257. The van der Waals surface area contributed by atoms with Crippen LogP contribution in [0.15, 0.2) is 24.3 Å². The van der Waals surface area contributed by atoms with E-state index < -0.39 is 0 Å². The maximum absolute atomic E-state index is 9.51. The zero-order valence-electron chi connectivity index (χ0n) is 11.1. The van der Waals surface area contributed by atoms with Gasteiger partial charge < -0.3 is 5.11 Å². The summed E-state index contributed by atoms with van der Waals surface area (Å²) in [6.45, 7) is 2.26. The summed E-state index contributed by atoms with van der Waals surface area (Å²) in [4.78, 5) is 0. The van der Waals surface area contributed by atoms with Gasteiger partial charge in [-0.1, -0.05) is 31.9 Å². The largest absolute Gasteiger partial charge is 0.508 e. The number of hydrogen-bond acceptors (Lipinski definition) is 1. The second-order valence-electron chi connectivity index (χ2n) is 5.62. The van der Waals surface area contributed by atoms with Gasteiger partial charge >= 0.3 is 0 Å². The molecule has 2 heteroatoms. The van der Waals surface area contributed by atoms with E-state index >= 15 is 0 Å². The van der Waals surface area contributed by atoms with Crippen molar-refractivity contribution in [2.75, 3.05) is 0 Å². The monoisotopic (exact) mass is 266 g/mol. The quantitative estimate of drug-likeness (QED) is 0.779. The van der Waals surface area contributed by atoms with Crippen LogP contribution in [0.2, 0.25) is 0 Å². The van der Waals surface area contributed by atoms with Crippen molar-refractivity contribution < 1.29 is 5.11 Å². The third-order valence-corrected chi connectivity index (χ3v) is 4.68. The number of halogens is 1. The van der Waals surface area contributed by atoms with Gasteiger partial charge in [0, 0.05) is 5.38 Å². The first-order chi connectivity index (χ1) is 8.69. The van der Waals surface area contributed by atoms with E-state index in [1.165, 1.54) is 31.2 Å².